The van der Waals surface area contributed by atoms with Crippen molar-refractivity contribution in [3.63, 3.8) is 0 Å². The predicted octanol–water partition coefficient (Wildman–Crippen LogP) is 3.30. The third kappa shape index (κ3) is 3.30. The van der Waals surface area contributed by atoms with Crippen LogP contribution in [0.15, 0.2) is 18.2 Å². The standard InChI is InChI=1S/C14H20N2O3/c1-9(2)14(17)15(10(3)4)12-6-7-13(16(18)19)11(5)8-12/h6-10H,1-5H3. The number of aryl methyl sites for hydroxylation is 1. The number of nitro groups is 1. The summed E-state index contributed by atoms with van der Waals surface area (Å²) in [6.45, 7) is 9.22. The van der Waals surface area contributed by atoms with Gasteiger partial charge in [0.2, 0.25) is 5.91 Å². The number of amides is 1. The summed E-state index contributed by atoms with van der Waals surface area (Å²) in [4.78, 5) is 24.3. The van der Waals surface area contributed by atoms with Crippen LogP contribution in [0.4, 0.5) is 11.4 Å². The molecular weight excluding hydrogens is 244 g/mol. The Morgan fingerprint density at radius 3 is 2.21 bits per heavy atom. The van der Waals surface area contributed by atoms with E-state index in [0.717, 1.165) is 0 Å². The van der Waals surface area contributed by atoms with Gasteiger partial charge in [-0.25, -0.2) is 0 Å². The second-order valence-electron chi connectivity index (χ2n) is 5.18. The van der Waals surface area contributed by atoms with Crippen LogP contribution in [0.25, 0.3) is 0 Å². The summed E-state index contributed by atoms with van der Waals surface area (Å²) in [7, 11) is 0. The maximum Gasteiger partial charge on any atom is 0.272 e. The maximum atomic E-state index is 12.2. The highest BCUT2D eigenvalue weighted by molar-refractivity contribution is 5.95. The summed E-state index contributed by atoms with van der Waals surface area (Å²) in [6.07, 6.45) is 0. The fourth-order valence-electron chi connectivity index (χ4n) is 1.95. The molecule has 0 N–H and O–H groups in total. The van der Waals surface area contributed by atoms with Gasteiger partial charge in [-0.15, -0.1) is 0 Å². The topological polar surface area (TPSA) is 63.5 Å². The Morgan fingerprint density at radius 2 is 1.84 bits per heavy atom. The number of hydrogen-bond donors (Lipinski definition) is 0. The fourth-order valence-corrected chi connectivity index (χ4v) is 1.95. The van der Waals surface area contributed by atoms with E-state index in [1.54, 1.807) is 24.0 Å². The molecule has 0 aliphatic rings. The molecule has 5 heteroatoms. The van der Waals surface area contributed by atoms with E-state index in [-0.39, 0.29) is 23.6 Å². The fraction of sp³-hybridized carbons (Fsp3) is 0.500. The molecule has 0 spiro atoms. The third-order valence-electron chi connectivity index (χ3n) is 2.90. The van der Waals surface area contributed by atoms with E-state index in [4.69, 9.17) is 0 Å². The molecule has 1 rings (SSSR count). The lowest BCUT2D eigenvalue weighted by Gasteiger charge is -2.28. The Hall–Kier alpha value is -1.91. The molecule has 0 aliphatic carbocycles. The lowest BCUT2D eigenvalue weighted by molar-refractivity contribution is -0.385. The van der Waals surface area contributed by atoms with Crippen LogP contribution in [0.2, 0.25) is 0 Å². The lowest BCUT2D eigenvalue weighted by atomic mass is 10.1. The summed E-state index contributed by atoms with van der Waals surface area (Å²) in [5.41, 5.74) is 1.34. The van der Waals surface area contributed by atoms with Crippen molar-refractivity contribution in [2.24, 2.45) is 5.92 Å². The van der Waals surface area contributed by atoms with E-state index in [2.05, 4.69) is 0 Å². The minimum Gasteiger partial charge on any atom is -0.310 e. The normalized spacial score (nSPS) is 10.9. The number of nitro benzene ring substituents is 1. The number of carbonyl (C=O) groups is 1. The Labute approximate surface area is 113 Å². The number of rotatable bonds is 4. The van der Waals surface area contributed by atoms with E-state index in [1.165, 1.54) is 6.07 Å². The van der Waals surface area contributed by atoms with Crippen molar-refractivity contribution in [2.75, 3.05) is 4.90 Å². The zero-order chi connectivity index (χ0) is 14.7. The van der Waals surface area contributed by atoms with Crippen molar-refractivity contribution in [1.82, 2.24) is 0 Å². The van der Waals surface area contributed by atoms with Crippen molar-refractivity contribution >= 4 is 17.3 Å². The first-order valence-electron chi connectivity index (χ1n) is 6.33. The van der Waals surface area contributed by atoms with Crippen molar-refractivity contribution in [3.05, 3.63) is 33.9 Å². The van der Waals surface area contributed by atoms with Crippen LogP contribution in [0, 0.1) is 23.0 Å². The molecule has 0 fully saturated rings. The highest BCUT2D eigenvalue weighted by Gasteiger charge is 2.23. The van der Waals surface area contributed by atoms with Crippen LogP contribution in [-0.2, 0) is 4.79 Å². The van der Waals surface area contributed by atoms with Crippen LogP contribution in [-0.4, -0.2) is 16.9 Å². The van der Waals surface area contributed by atoms with Crippen LogP contribution in [0.3, 0.4) is 0 Å². The molecule has 1 aromatic rings. The Morgan fingerprint density at radius 1 is 1.26 bits per heavy atom. The summed E-state index contributed by atoms with van der Waals surface area (Å²) in [5.74, 6) is -0.0962. The predicted molar refractivity (Wildman–Crippen MR) is 75.3 cm³/mol. The molecule has 0 saturated heterocycles. The summed E-state index contributed by atoms with van der Waals surface area (Å²) in [6, 6.07) is 4.79. The number of nitrogens with zero attached hydrogens (tertiary/aromatic N) is 2. The Balaban J connectivity index is 3.22. The second-order valence-corrected chi connectivity index (χ2v) is 5.18. The zero-order valence-corrected chi connectivity index (χ0v) is 12.0. The molecule has 0 atom stereocenters. The largest absolute Gasteiger partial charge is 0.310 e. The zero-order valence-electron chi connectivity index (χ0n) is 12.0. The first kappa shape index (κ1) is 15.1. The van der Waals surface area contributed by atoms with Gasteiger partial charge in [-0.2, -0.15) is 0 Å². The van der Waals surface area contributed by atoms with Crippen molar-refractivity contribution in [1.29, 1.82) is 0 Å². The van der Waals surface area contributed by atoms with Crippen molar-refractivity contribution < 1.29 is 9.72 Å². The molecular formula is C14H20N2O3. The summed E-state index contributed by atoms with van der Waals surface area (Å²) >= 11 is 0. The van der Waals surface area contributed by atoms with Gasteiger partial charge in [-0.05, 0) is 32.9 Å². The minimum absolute atomic E-state index is 0.00996. The lowest BCUT2D eigenvalue weighted by Crippen LogP contribution is -2.39. The molecule has 0 heterocycles. The van der Waals surface area contributed by atoms with Gasteiger partial charge in [0, 0.05) is 29.3 Å². The third-order valence-corrected chi connectivity index (χ3v) is 2.90. The molecule has 0 unspecified atom stereocenters. The molecule has 1 aromatic carbocycles. The molecule has 0 bridgehead atoms. The molecule has 0 radical (unpaired) electrons. The van der Waals surface area contributed by atoms with E-state index >= 15 is 0 Å². The average Bonchev–Trinajstić information content (AvgIpc) is 2.27. The quantitative estimate of drug-likeness (QED) is 0.619. The first-order chi connectivity index (χ1) is 8.75. The number of anilines is 1. The molecule has 0 saturated carbocycles. The van der Waals surface area contributed by atoms with Crippen LogP contribution in [0.5, 0.6) is 0 Å². The minimum atomic E-state index is -0.414. The summed E-state index contributed by atoms with van der Waals surface area (Å²) in [5, 5.41) is 10.8. The van der Waals surface area contributed by atoms with E-state index in [9.17, 15) is 14.9 Å². The molecule has 19 heavy (non-hydrogen) atoms. The van der Waals surface area contributed by atoms with Gasteiger partial charge in [-0.3, -0.25) is 14.9 Å². The first-order valence-corrected chi connectivity index (χ1v) is 6.33. The van der Waals surface area contributed by atoms with Crippen LogP contribution in [0.1, 0.15) is 33.3 Å². The van der Waals surface area contributed by atoms with Crippen molar-refractivity contribution in [2.45, 2.75) is 40.7 Å². The van der Waals surface area contributed by atoms with E-state index < -0.39 is 4.92 Å². The van der Waals surface area contributed by atoms with Gasteiger partial charge in [0.15, 0.2) is 0 Å². The van der Waals surface area contributed by atoms with Crippen molar-refractivity contribution in [3.8, 4) is 0 Å². The Bertz CT molecular complexity index is 495. The van der Waals surface area contributed by atoms with Gasteiger partial charge in [0.25, 0.3) is 5.69 Å². The maximum absolute atomic E-state index is 12.2. The van der Waals surface area contributed by atoms with Gasteiger partial charge in [0.1, 0.15) is 0 Å². The highest BCUT2D eigenvalue weighted by Crippen LogP contribution is 2.26. The second kappa shape index (κ2) is 5.82. The van der Waals surface area contributed by atoms with Crippen LogP contribution < -0.4 is 4.90 Å². The molecule has 1 amide bonds. The molecule has 0 aromatic heterocycles. The molecule has 104 valence electrons. The van der Waals surface area contributed by atoms with Gasteiger partial charge in [-0.1, -0.05) is 13.8 Å². The highest BCUT2D eigenvalue weighted by atomic mass is 16.6. The SMILES string of the molecule is Cc1cc(N(C(=O)C(C)C)C(C)C)ccc1[N+](=O)[O-]. The smallest absolute Gasteiger partial charge is 0.272 e. The number of hydrogen-bond acceptors (Lipinski definition) is 3. The average molecular weight is 264 g/mol. The van der Waals surface area contributed by atoms with Crippen LogP contribution >= 0.6 is 0 Å². The molecule has 0 aliphatic heterocycles. The van der Waals surface area contributed by atoms with Gasteiger partial charge in [0.05, 0.1) is 4.92 Å². The summed E-state index contributed by atoms with van der Waals surface area (Å²) < 4.78 is 0. The Kier molecular flexibility index (Phi) is 4.64. The number of carbonyl (C=O) groups excluding carboxylic acids is 1. The molecule has 5 nitrogen and oxygen atoms in total. The van der Waals surface area contributed by atoms with E-state index in [1.807, 2.05) is 27.7 Å². The monoisotopic (exact) mass is 264 g/mol. The van der Waals surface area contributed by atoms with Gasteiger partial charge < -0.3 is 4.90 Å². The van der Waals surface area contributed by atoms with Gasteiger partial charge >= 0.3 is 0 Å². The van der Waals surface area contributed by atoms with E-state index in [0.29, 0.717) is 11.3 Å². The number of benzene rings is 1.